The van der Waals surface area contributed by atoms with Crippen LogP contribution in [0.3, 0.4) is 0 Å². The Bertz CT molecular complexity index is 149. The Hall–Kier alpha value is -0.0800. The van der Waals surface area contributed by atoms with Crippen LogP contribution in [0.5, 0.6) is 0 Å². The van der Waals surface area contributed by atoms with E-state index in [9.17, 15) is 5.11 Å². The number of rotatable bonds is 5. The molecule has 2 atom stereocenters. The zero-order valence-electron chi connectivity index (χ0n) is 9.71. The smallest absolute Gasteiger partial charge is 0.0555 e. The molecule has 1 aliphatic rings. The summed E-state index contributed by atoms with van der Waals surface area (Å²) in [7, 11) is 2.21. The lowest BCUT2D eigenvalue weighted by Crippen LogP contribution is -2.38. The van der Waals surface area contributed by atoms with Gasteiger partial charge in [-0.3, -0.25) is 0 Å². The van der Waals surface area contributed by atoms with Crippen LogP contribution in [-0.4, -0.2) is 35.7 Å². The van der Waals surface area contributed by atoms with Gasteiger partial charge in [-0.25, -0.2) is 0 Å². The quantitative estimate of drug-likeness (QED) is 0.687. The van der Waals surface area contributed by atoms with Crippen molar-refractivity contribution < 1.29 is 5.11 Å². The number of aliphatic hydroxyl groups is 1. The van der Waals surface area contributed by atoms with Gasteiger partial charge in [0, 0.05) is 6.04 Å². The summed E-state index contributed by atoms with van der Waals surface area (Å²) in [6.07, 6.45) is 8.37. The monoisotopic (exact) mass is 199 g/mol. The molecule has 0 aromatic rings. The van der Waals surface area contributed by atoms with Crippen molar-refractivity contribution in [3.05, 3.63) is 0 Å². The Balaban J connectivity index is 2.18. The second-order valence-electron chi connectivity index (χ2n) is 4.66. The molecule has 0 amide bonds. The molecule has 0 aromatic carbocycles. The van der Waals surface area contributed by atoms with Crippen LogP contribution in [0.1, 0.15) is 51.9 Å². The van der Waals surface area contributed by atoms with Crippen LogP contribution in [0.2, 0.25) is 0 Å². The first kappa shape index (κ1) is 12.0. The van der Waals surface area contributed by atoms with Gasteiger partial charge < -0.3 is 10.0 Å². The predicted octanol–water partition coefficient (Wildman–Crippen LogP) is 2.41. The van der Waals surface area contributed by atoms with Crippen molar-refractivity contribution in [3.8, 4) is 0 Å². The molecular weight excluding hydrogens is 174 g/mol. The van der Waals surface area contributed by atoms with Crippen LogP contribution in [0.25, 0.3) is 0 Å². The summed E-state index contributed by atoms with van der Waals surface area (Å²) in [6, 6.07) is 0.635. The lowest BCUT2D eigenvalue weighted by molar-refractivity contribution is 0.0722. The maximum atomic E-state index is 9.57. The largest absolute Gasteiger partial charge is 0.393 e. The molecule has 2 heteroatoms. The zero-order chi connectivity index (χ0) is 10.4. The van der Waals surface area contributed by atoms with E-state index in [1.54, 1.807) is 0 Å². The summed E-state index contributed by atoms with van der Waals surface area (Å²) in [5, 5.41) is 9.57. The van der Waals surface area contributed by atoms with Crippen molar-refractivity contribution in [3.63, 3.8) is 0 Å². The zero-order valence-corrected chi connectivity index (χ0v) is 9.71. The average molecular weight is 199 g/mol. The number of hydrogen-bond donors (Lipinski definition) is 1. The van der Waals surface area contributed by atoms with Crippen LogP contribution < -0.4 is 0 Å². The third-order valence-electron chi connectivity index (χ3n) is 3.36. The molecule has 14 heavy (non-hydrogen) atoms. The van der Waals surface area contributed by atoms with Crippen molar-refractivity contribution in [1.82, 2.24) is 4.90 Å². The van der Waals surface area contributed by atoms with Crippen LogP contribution in [0.15, 0.2) is 0 Å². The first-order valence-corrected chi connectivity index (χ1v) is 6.12. The van der Waals surface area contributed by atoms with E-state index in [2.05, 4.69) is 18.9 Å². The predicted molar refractivity (Wildman–Crippen MR) is 60.4 cm³/mol. The Kier molecular flexibility index (Phi) is 5.49. The summed E-state index contributed by atoms with van der Waals surface area (Å²) >= 11 is 0. The topological polar surface area (TPSA) is 23.5 Å². The Morgan fingerprint density at radius 2 is 2.07 bits per heavy atom. The molecule has 2 unspecified atom stereocenters. The molecule has 1 aliphatic carbocycles. The Morgan fingerprint density at radius 3 is 2.71 bits per heavy atom. The summed E-state index contributed by atoms with van der Waals surface area (Å²) < 4.78 is 0. The third-order valence-corrected chi connectivity index (χ3v) is 3.36. The van der Waals surface area contributed by atoms with Gasteiger partial charge in [-0.2, -0.15) is 0 Å². The highest BCUT2D eigenvalue weighted by Crippen LogP contribution is 2.22. The van der Waals surface area contributed by atoms with Gasteiger partial charge >= 0.3 is 0 Å². The first-order valence-electron chi connectivity index (χ1n) is 6.12. The van der Waals surface area contributed by atoms with Crippen LogP contribution >= 0.6 is 0 Å². The molecule has 0 saturated heterocycles. The van der Waals surface area contributed by atoms with Crippen molar-refractivity contribution in [2.45, 2.75) is 64.0 Å². The van der Waals surface area contributed by atoms with Gasteiger partial charge in [0.2, 0.25) is 0 Å². The third kappa shape index (κ3) is 3.97. The number of hydrogen-bond acceptors (Lipinski definition) is 2. The molecule has 1 rings (SSSR count). The van der Waals surface area contributed by atoms with E-state index in [1.807, 2.05) is 0 Å². The van der Waals surface area contributed by atoms with Gasteiger partial charge in [-0.05, 0) is 45.7 Å². The Morgan fingerprint density at radius 1 is 1.29 bits per heavy atom. The minimum absolute atomic E-state index is 0.0395. The minimum Gasteiger partial charge on any atom is -0.393 e. The maximum absolute atomic E-state index is 9.57. The lowest BCUT2D eigenvalue weighted by atomic mass is 9.92. The van der Waals surface area contributed by atoms with Crippen molar-refractivity contribution in [1.29, 1.82) is 0 Å². The molecule has 1 fully saturated rings. The molecule has 0 aromatic heterocycles. The fourth-order valence-corrected chi connectivity index (χ4v) is 2.33. The SMILES string of the molecule is CCCCCN(C)C1CCCC(O)C1. The highest BCUT2D eigenvalue weighted by molar-refractivity contribution is 4.78. The number of unbranched alkanes of at least 4 members (excludes halogenated alkanes) is 2. The average Bonchev–Trinajstić information content (AvgIpc) is 2.18. The molecule has 0 spiro atoms. The molecule has 1 N–H and O–H groups in total. The van der Waals surface area contributed by atoms with Gasteiger partial charge in [0.15, 0.2) is 0 Å². The summed E-state index contributed by atoms with van der Waals surface area (Å²) in [5.74, 6) is 0. The standard InChI is InChI=1S/C12H25NO/c1-3-4-5-9-13(2)11-7-6-8-12(14)10-11/h11-12,14H,3-10H2,1-2H3. The van der Waals surface area contributed by atoms with Gasteiger partial charge in [0.25, 0.3) is 0 Å². The van der Waals surface area contributed by atoms with Crippen molar-refractivity contribution >= 4 is 0 Å². The molecule has 0 heterocycles. The summed E-state index contributed by atoms with van der Waals surface area (Å²) in [6.45, 7) is 3.44. The van der Waals surface area contributed by atoms with Crippen LogP contribution in [0.4, 0.5) is 0 Å². The summed E-state index contributed by atoms with van der Waals surface area (Å²) in [4.78, 5) is 2.44. The second kappa shape index (κ2) is 6.41. The van der Waals surface area contributed by atoms with Crippen molar-refractivity contribution in [2.75, 3.05) is 13.6 Å². The van der Waals surface area contributed by atoms with Crippen molar-refractivity contribution in [2.24, 2.45) is 0 Å². The van der Waals surface area contributed by atoms with E-state index in [1.165, 1.54) is 38.6 Å². The second-order valence-corrected chi connectivity index (χ2v) is 4.66. The maximum Gasteiger partial charge on any atom is 0.0555 e. The van der Waals surface area contributed by atoms with E-state index in [4.69, 9.17) is 0 Å². The minimum atomic E-state index is -0.0395. The molecule has 0 radical (unpaired) electrons. The highest BCUT2D eigenvalue weighted by atomic mass is 16.3. The number of aliphatic hydroxyl groups excluding tert-OH is 1. The Labute approximate surface area is 88.3 Å². The van der Waals surface area contributed by atoms with E-state index in [0.29, 0.717) is 6.04 Å². The van der Waals surface area contributed by atoms with Gasteiger partial charge in [0.1, 0.15) is 0 Å². The lowest BCUT2D eigenvalue weighted by Gasteiger charge is -2.33. The molecule has 84 valence electrons. The van der Waals surface area contributed by atoms with E-state index in [-0.39, 0.29) is 6.10 Å². The summed E-state index contributed by atoms with van der Waals surface area (Å²) in [5.41, 5.74) is 0. The molecule has 1 saturated carbocycles. The molecule has 0 aliphatic heterocycles. The molecule has 0 bridgehead atoms. The molecule has 2 nitrogen and oxygen atoms in total. The van der Waals surface area contributed by atoms with Gasteiger partial charge in [-0.15, -0.1) is 0 Å². The molecular formula is C12H25NO. The number of nitrogens with zero attached hydrogens (tertiary/aromatic N) is 1. The first-order chi connectivity index (χ1) is 6.74. The van der Waals surface area contributed by atoms with Crippen LogP contribution in [0, 0.1) is 0 Å². The van der Waals surface area contributed by atoms with E-state index >= 15 is 0 Å². The van der Waals surface area contributed by atoms with Crippen LogP contribution in [-0.2, 0) is 0 Å². The highest BCUT2D eigenvalue weighted by Gasteiger charge is 2.22. The fraction of sp³-hybridized carbons (Fsp3) is 1.00. The van der Waals surface area contributed by atoms with E-state index < -0.39 is 0 Å². The van der Waals surface area contributed by atoms with Gasteiger partial charge in [-0.1, -0.05) is 19.8 Å². The van der Waals surface area contributed by atoms with E-state index in [0.717, 1.165) is 12.8 Å². The fourth-order valence-electron chi connectivity index (χ4n) is 2.33. The van der Waals surface area contributed by atoms with Gasteiger partial charge in [0.05, 0.1) is 6.10 Å². The normalized spacial score (nSPS) is 28.3.